The average molecular weight is 406 g/mol. The summed E-state index contributed by atoms with van der Waals surface area (Å²) in [6.45, 7) is 2.00. The molecule has 1 aromatic heterocycles. The van der Waals surface area contributed by atoms with Crippen LogP contribution in [0.5, 0.6) is 0 Å². The van der Waals surface area contributed by atoms with Crippen LogP contribution >= 0.6 is 0 Å². The third-order valence-electron chi connectivity index (χ3n) is 5.38. The summed E-state index contributed by atoms with van der Waals surface area (Å²) in [5, 5.41) is 11.0. The van der Waals surface area contributed by atoms with E-state index < -0.39 is 0 Å². The van der Waals surface area contributed by atoms with Crippen LogP contribution < -0.4 is 10.6 Å². The molecule has 3 aromatic carbocycles. The lowest BCUT2D eigenvalue weighted by Gasteiger charge is -2.26. The standard InChI is InChI=1S/C26H22N4O/c1-18-9-8-14-21(15-18)28-26(31)22-17-27-30-24(20-12-6-3-7-13-20)16-23(29-25(22)30)19-10-4-2-5-11-19/h2-17,24,29H,1H3,(H,28,31)/t24-/m1/s1. The minimum atomic E-state index is -0.194. The molecule has 0 unspecified atom stereocenters. The highest BCUT2D eigenvalue weighted by Crippen LogP contribution is 2.35. The number of hydrogen-bond donors (Lipinski definition) is 2. The molecule has 0 bridgehead atoms. The Bertz CT molecular complexity index is 1260. The lowest BCUT2D eigenvalue weighted by molar-refractivity contribution is 0.102. The van der Waals surface area contributed by atoms with Crippen molar-refractivity contribution in [2.24, 2.45) is 0 Å². The van der Waals surface area contributed by atoms with Crippen molar-refractivity contribution in [1.82, 2.24) is 9.78 Å². The second-order valence-corrected chi connectivity index (χ2v) is 7.60. The number of carbonyl (C=O) groups is 1. The number of carbonyl (C=O) groups excluding carboxylic acids is 1. The van der Waals surface area contributed by atoms with Crippen LogP contribution in [-0.4, -0.2) is 15.7 Å². The number of aromatic nitrogens is 2. The molecule has 0 aliphatic carbocycles. The van der Waals surface area contributed by atoms with Crippen LogP contribution in [0.1, 0.15) is 33.1 Å². The van der Waals surface area contributed by atoms with Crippen LogP contribution in [0.4, 0.5) is 11.5 Å². The van der Waals surface area contributed by atoms with Crippen LogP contribution in [0, 0.1) is 6.92 Å². The smallest absolute Gasteiger partial charge is 0.261 e. The van der Waals surface area contributed by atoms with E-state index in [1.54, 1.807) is 6.20 Å². The van der Waals surface area contributed by atoms with E-state index in [9.17, 15) is 4.79 Å². The maximum absolute atomic E-state index is 13.1. The van der Waals surface area contributed by atoms with Crippen LogP contribution in [0.15, 0.2) is 97.2 Å². The summed E-state index contributed by atoms with van der Waals surface area (Å²) in [4.78, 5) is 13.1. The zero-order valence-corrected chi connectivity index (χ0v) is 17.1. The fourth-order valence-electron chi connectivity index (χ4n) is 3.86. The number of nitrogens with one attached hydrogen (secondary N) is 2. The van der Waals surface area contributed by atoms with Gasteiger partial charge in [-0.3, -0.25) is 4.79 Å². The normalized spacial score (nSPS) is 14.9. The van der Waals surface area contributed by atoms with E-state index in [0.717, 1.165) is 28.1 Å². The Labute approximate surface area is 181 Å². The van der Waals surface area contributed by atoms with Crippen molar-refractivity contribution < 1.29 is 4.79 Å². The Morgan fingerprint density at radius 3 is 2.45 bits per heavy atom. The number of fused-ring (bicyclic) bond motifs is 1. The van der Waals surface area contributed by atoms with Gasteiger partial charge < -0.3 is 10.6 Å². The summed E-state index contributed by atoms with van der Waals surface area (Å²) < 4.78 is 1.87. The van der Waals surface area contributed by atoms with Crippen molar-refractivity contribution in [1.29, 1.82) is 0 Å². The average Bonchev–Trinajstić information content (AvgIpc) is 3.24. The van der Waals surface area contributed by atoms with Crippen molar-refractivity contribution in [3.63, 3.8) is 0 Å². The molecule has 5 rings (SSSR count). The highest BCUT2D eigenvalue weighted by Gasteiger charge is 2.27. The molecule has 0 radical (unpaired) electrons. The topological polar surface area (TPSA) is 59.0 Å². The van der Waals surface area contributed by atoms with Gasteiger partial charge in [-0.2, -0.15) is 5.10 Å². The molecular weight excluding hydrogens is 384 g/mol. The zero-order valence-electron chi connectivity index (χ0n) is 17.1. The molecule has 5 heteroatoms. The number of benzene rings is 3. The molecule has 1 amide bonds. The Morgan fingerprint density at radius 1 is 0.968 bits per heavy atom. The SMILES string of the molecule is Cc1cccc(NC(=O)c2cnn3c2NC(c2ccccc2)=C[C@@H]3c2ccccc2)c1. The van der Waals surface area contributed by atoms with E-state index in [1.165, 1.54) is 0 Å². The minimum absolute atomic E-state index is 0.117. The van der Waals surface area contributed by atoms with Crippen molar-refractivity contribution in [3.8, 4) is 0 Å². The van der Waals surface area contributed by atoms with Gasteiger partial charge in [0.05, 0.1) is 12.2 Å². The second kappa shape index (κ2) is 7.95. The van der Waals surface area contributed by atoms with E-state index in [4.69, 9.17) is 0 Å². The first-order valence-corrected chi connectivity index (χ1v) is 10.2. The molecule has 1 aliphatic heterocycles. The lowest BCUT2D eigenvalue weighted by atomic mass is 10.0. The van der Waals surface area contributed by atoms with E-state index in [1.807, 2.05) is 72.3 Å². The third kappa shape index (κ3) is 3.73. The molecule has 1 atom stereocenters. The van der Waals surface area contributed by atoms with E-state index in [-0.39, 0.29) is 11.9 Å². The van der Waals surface area contributed by atoms with Crippen molar-refractivity contribution >= 4 is 23.1 Å². The molecule has 4 aromatic rings. The van der Waals surface area contributed by atoms with Gasteiger partial charge in [0.25, 0.3) is 5.91 Å². The van der Waals surface area contributed by atoms with Gasteiger partial charge >= 0.3 is 0 Å². The maximum Gasteiger partial charge on any atom is 0.261 e. The summed E-state index contributed by atoms with van der Waals surface area (Å²) in [6, 6.07) is 27.9. The second-order valence-electron chi connectivity index (χ2n) is 7.60. The fourth-order valence-corrected chi connectivity index (χ4v) is 3.86. The number of nitrogens with zero attached hydrogens (tertiary/aromatic N) is 2. The Morgan fingerprint density at radius 2 is 1.71 bits per heavy atom. The molecule has 0 saturated carbocycles. The first-order valence-electron chi connectivity index (χ1n) is 10.2. The van der Waals surface area contributed by atoms with Crippen molar-refractivity contribution in [3.05, 3.63) is 119 Å². The number of amides is 1. The molecular formula is C26H22N4O. The minimum Gasteiger partial charge on any atom is -0.339 e. The number of anilines is 2. The van der Waals surface area contributed by atoms with Gasteiger partial charge in [0, 0.05) is 11.4 Å². The summed E-state index contributed by atoms with van der Waals surface area (Å²) in [6.07, 6.45) is 3.78. The molecule has 2 heterocycles. The summed E-state index contributed by atoms with van der Waals surface area (Å²) in [5.41, 5.74) is 5.47. The van der Waals surface area contributed by atoms with Gasteiger partial charge in [-0.15, -0.1) is 0 Å². The van der Waals surface area contributed by atoms with Gasteiger partial charge in [-0.1, -0.05) is 72.8 Å². The number of aryl methyl sites for hydroxylation is 1. The van der Waals surface area contributed by atoms with Crippen LogP contribution in [-0.2, 0) is 0 Å². The van der Waals surface area contributed by atoms with Crippen LogP contribution in [0.2, 0.25) is 0 Å². The number of allylic oxidation sites excluding steroid dienone is 1. The van der Waals surface area contributed by atoms with Crippen LogP contribution in [0.3, 0.4) is 0 Å². The molecule has 1 aliphatic rings. The number of hydrogen-bond acceptors (Lipinski definition) is 3. The Kier molecular flexibility index (Phi) is 4.84. The predicted octanol–water partition coefficient (Wildman–Crippen LogP) is 5.50. The van der Waals surface area contributed by atoms with Gasteiger partial charge in [-0.05, 0) is 41.8 Å². The van der Waals surface area contributed by atoms with E-state index in [2.05, 4.69) is 46.1 Å². The van der Waals surface area contributed by atoms with E-state index >= 15 is 0 Å². The molecule has 5 nitrogen and oxygen atoms in total. The molecule has 2 N–H and O–H groups in total. The highest BCUT2D eigenvalue weighted by molar-refractivity contribution is 6.08. The summed E-state index contributed by atoms with van der Waals surface area (Å²) in [5.74, 6) is 0.487. The van der Waals surface area contributed by atoms with Crippen molar-refractivity contribution in [2.75, 3.05) is 10.6 Å². The van der Waals surface area contributed by atoms with Crippen LogP contribution in [0.25, 0.3) is 5.70 Å². The zero-order chi connectivity index (χ0) is 21.2. The maximum atomic E-state index is 13.1. The summed E-state index contributed by atoms with van der Waals surface area (Å²) in [7, 11) is 0. The van der Waals surface area contributed by atoms with Gasteiger partial charge in [-0.25, -0.2) is 4.68 Å². The molecule has 152 valence electrons. The van der Waals surface area contributed by atoms with Gasteiger partial charge in [0.2, 0.25) is 0 Å². The molecule has 0 saturated heterocycles. The largest absolute Gasteiger partial charge is 0.339 e. The predicted molar refractivity (Wildman–Crippen MR) is 124 cm³/mol. The van der Waals surface area contributed by atoms with Crippen molar-refractivity contribution in [2.45, 2.75) is 13.0 Å². The first-order chi connectivity index (χ1) is 15.2. The number of rotatable bonds is 4. The molecule has 31 heavy (non-hydrogen) atoms. The quantitative estimate of drug-likeness (QED) is 0.470. The highest BCUT2D eigenvalue weighted by atomic mass is 16.1. The Hall–Kier alpha value is -4.12. The lowest BCUT2D eigenvalue weighted by Crippen LogP contribution is -2.22. The monoisotopic (exact) mass is 406 g/mol. The van der Waals surface area contributed by atoms with Gasteiger partial charge in [0.1, 0.15) is 11.4 Å². The molecule has 0 spiro atoms. The Balaban J connectivity index is 1.55. The van der Waals surface area contributed by atoms with Gasteiger partial charge in [0.15, 0.2) is 0 Å². The molecule has 0 fully saturated rings. The summed E-state index contributed by atoms with van der Waals surface area (Å²) >= 11 is 0. The first kappa shape index (κ1) is 18.9. The third-order valence-corrected chi connectivity index (χ3v) is 5.38. The van der Waals surface area contributed by atoms with E-state index in [0.29, 0.717) is 11.4 Å². The fraction of sp³-hybridized carbons (Fsp3) is 0.0769.